The van der Waals surface area contributed by atoms with Crippen LogP contribution in [0.5, 0.6) is 0 Å². The fraction of sp³-hybridized carbons (Fsp3) is 0.0625. The van der Waals surface area contributed by atoms with Crippen LogP contribution in [0.3, 0.4) is 0 Å². The molecule has 0 saturated heterocycles. The average Bonchev–Trinajstić information content (AvgIpc) is 2.49. The summed E-state index contributed by atoms with van der Waals surface area (Å²) in [6.45, 7) is 2.04. The second-order valence-electron chi connectivity index (χ2n) is 4.76. The highest BCUT2D eigenvalue weighted by Gasteiger charge is 2.07. The van der Waals surface area contributed by atoms with Gasteiger partial charge in [-0.3, -0.25) is 0 Å². The van der Waals surface area contributed by atoms with Crippen molar-refractivity contribution in [1.29, 1.82) is 0 Å². The summed E-state index contributed by atoms with van der Waals surface area (Å²) >= 11 is 13.4. The molecule has 1 N–H and O–H groups in total. The van der Waals surface area contributed by atoms with Gasteiger partial charge in [-0.25, -0.2) is 0 Å². The molecule has 0 fully saturated rings. The van der Waals surface area contributed by atoms with Crippen LogP contribution in [0.1, 0.15) is 5.56 Å². The van der Waals surface area contributed by atoms with Crippen LogP contribution in [0.25, 0.3) is 0 Å². The summed E-state index contributed by atoms with van der Waals surface area (Å²) in [5.41, 5.74) is 1.98. The largest absolute Gasteiger partial charge is 0.324 e. The van der Waals surface area contributed by atoms with E-state index in [4.69, 9.17) is 23.2 Å². The molecule has 0 aliphatic rings. The summed E-state index contributed by atoms with van der Waals surface area (Å²) in [6, 6.07) is 15.4. The second kappa shape index (κ2) is 7.17. The van der Waals surface area contributed by atoms with Crippen molar-refractivity contribution in [3.63, 3.8) is 0 Å². The zero-order valence-corrected chi connectivity index (χ0v) is 14.5. The number of halogens is 2. The van der Waals surface area contributed by atoms with Gasteiger partial charge in [0.2, 0.25) is 11.2 Å². The quantitative estimate of drug-likeness (QED) is 0.674. The van der Waals surface area contributed by atoms with E-state index in [1.54, 1.807) is 12.1 Å². The Morgan fingerprint density at radius 3 is 2.48 bits per heavy atom. The minimum atomic E-state index is 0.138. The van der Waals surface area contributed by atoms with Gasteiger partial charge in [-0.2, -0.15) is 15.0 Å². The summed E-state index contributed by atoms with van der Waals surface area (Å²) < 4.78 is 0. The summed E-state index contributed by atoms with van der Waals surface area (Å²) in [7, 11) is 0. The highest BCUT2D eigenvalue weighted by Crippen LogP contribution is 2.27. The smallest absolute Gasteiger partial charge is 0.232 e. The van der Waals surface area contributed by atoms with Crippen LogP contribution in [0.2, 0.25) is 10.3 Å². The SMILES string of the molecule is Cc1ccc(Sc2nc(Cl)nc(Nc3cccc(Cl)c3)n2)cc1. The maximum Gasteiger partial charge on any atom is 0.232 e. The monoisotopic (exact) mass is 362 g/mol. The van der Waals surface area contributed by atoms with Crippen LogP contribution >= 0.6 is 35.0 Å². The maximum atomic E-state index is 6.00. The molecule has 0 aliphatic heterocycles. The standard InChI is InChI=1S/C16H12Cl2N4S/c1-10-5-7-13(8-6-10)23-16-21-14(18)20-15(22-16)19-12-4-2-3-11(17)9-12/h2-9H,1H3,(H,19,20,21,22). The van der Waals surface area contributed by atoms with E-state index in [2.05, 4.69) is 20.3 Å². The Morgan fingerprint density at radius 1 is 0.957 bits per heavy atom. The first-order valence-electron chi connectivity index (χ1n) is 6.77. The lowest BCUT2D eigenvalue weighted by Crippen LogP contribution is -2.00. The van der Waals surface area contributed by atoms with Crippen molar-refractivity contribution in [2.45, 2.75) is 17.0 Å². The van der Waals surface area contributed by atoms with Crippen molar-refractivity contribution in [1.82, 2.24) is 15.0 Å². The fourth-order valence-corrected chi connectivity index (χ4v) is 2.99. The first-order chi connectivity index (χ1) is 11.1. The molecule has 0 bridgehead atoms. The Balaban J connectivity index is 1.82. The molecule has 4 nitrogen and oxygen atoms in total. The van der Waals surface area contributed by atoms with E-state index in [0.29, 0.717) is 16.1 Å². The Kier molecular flexibility index (Phi) is 5.00. The van der Waals surface area contributed by atoms with Gasteiger partial charge in [-0.15, -0.1) is 0 Å². The lowest BCUT2D eigenvalue weighted by atomic mass is 10.2. The van der Waals surface area contributed by atoms with E-state index < -0.39 is 0 Å². The van der Waals surface area contributed by atoms with Gasteiger partial charge >= 0.3 is 0 Å². The van der Waals surface area contributed by atoms with Crippen LogP contribution in [0.15, 0.2) is 58.6 Å². The molecular weight excluding hydrogens is 351 g/mol. The predicted octanol–water partition coefficient (Wildman–Crippen LogP) is 5.38. The summed E-state index contributed by atoms with van der Waals surface area (Å²) in [5, 5.41) is 4.37. The van der Waals surface area contributed by atoms with Gasteiger partial charge in [0.25, 0.3) is 0 Å². The molecule has 0 aliphatic carbocycles. The van der Waals surface area contributed by atoms with Gasteiger partial charge in [-0.05, 0) is 60.6 Å². The summed E-state index contributed by atoms with van der Waals surface area (Å²) in [5.74, 6) is 0.377. The number of rotatable bonds is 4. The zero-order valence-electron chi connectivity index (χ0n) is 12.1. The first-order valence-corrected chi connectivity index (χ1v) is 8.34. The van der Waals surface area contributed by atoms with E-state index in [9.17, 15) is 0 Å². The van der Waals surface area contributed by atoms with Gasteiger partial charge in [0, 0.05) is 15.6 Å². The highest BCUT2D eigenvalue weighted by molar-refractivity contribution is 7.99. The van der Waals surface area contributed by atoms with Gasteiger partial charge in [-0.1, -0.05) is 35.4 Å². The van der Waals surface area contributed by atoms with Crippen LogP contribution < -0.4 is 5.32 Å². The molecule has 0 atom stereocenters. The molecule has 1 heterocycles. The number of hydrogen-bond donors (Lipinski definition) is 1. The minimum absolute atomic E-state index is 0.138. The Hall–Kier alpha value is -1.82. The third-order valence-corrected chi connectivity index (χ3v) is 4.18. The topological polar surface area (TPSA) is 50.7 Å². The van der Waals surface area contributed by atoms with E-state index in [1.165, 1.54) is 17.3 Å². The van der Waals surface area contributed by atoms with Gasteiger partial charge in [0.05, 0.1) is 0 Å². The number of nitrogens with zero attached hydrogens (tertiary/aromatic N) is 3. The van der Waals surface area contributed by atoms with E-state index >= 15 is 0 Å². The number of aryl methyl sites for hydroxylation is 1. The van der Waals surface area contributed by atoms with Crippen LogP contribution in [0.4, 0.5) is 11.6 Å². The maximum absolute atomic E-state index is 6.00. The molecule has 0 amide bonds. The third-order valence-electron chi connectivity index (χ3n) is 2.90. The van der Waals surface area contributed by atoms with Crippen molar-refractivity contribution < 1.29 is 0 Å². The summed E-state index contributed by atoms with van der Waals surface area (Å²) in [4.78, 5) is 13.7. The van der Waals surface area contributed by atoms with Gasteiger partial charge in [0.15, 0.2) is 5.16 Å². The lowest BCUT2D eigenvalue weighted by molar-refractivity contribution is 0.912. The average molecular weight is 363 g/mol. The molecule has 23 heavy (non-hydrogen) atoms. The van der Waals surface area contributed by atoms with Gasteiger partial charge < -0.3 is 5.32 Å². The van der Waals surface area contributed by atoms with Crippen molar-refractivity contribution in [3.8, 4) is 0 Å². The Labute approximate surface area is 148 Å². The number of hydrogen-bond acceptors (Lipinski definition) is 5. The second-order valence-corrected chi connectivity index (χ2v) is 6.58. The van der Waals surface area contributed by atoms with Gasteiger partial charge in [0.1, 0.15) is 0 Å². The van der Waals surface area contributed by atoms with Crippen LogP contribution in [0, 0.1) is 6.92 Å². The molecule has 0 radical (unpaired) electrons. The molecule has 2 aromatic carbocycles. The molecule has 7 heteroatoms. The van der Waals surface area contributed by atoms with Crippen molar-refractivity contribution >= 4 is 46.6 Å². The van der Waals surface area contributed by atoms with E-state index in [-0.39, 0.29) is 5.28 Å². The predicted molar refractivity (Wildman–Crippen MR) is 94.9 cm³/mol. The Morgan fingerprint density at radius 2 is 1.74 bits per heavy atom. The summed E-state index contributed by atoms with van der Waals surface area (Å²) in [6.07, 6.45) is 0. The van der Waals surface area contributed by atoms with E-state index in [1.807, 2.05) is 43.3 Å². The number of anilines is 2. The molecule has 3 aromatic rings. The van der Waals surface area contributed by atoms with Crippen molar-refractivity contribution in [2.75, 3.05) is 5.32 Å². The molecule has 3 rings (SSSR count). The normalized spacial score (nSPS) is 10.6. The molecule has 0 saturated carbocycles. The number of benzene rings is 2. The van der Waals surface area contributed by atoms with Crippen molar-refractivity contribution in [3.05, 3.63) is 64.4 Å². The Bertz CT molecular complexity index is 825. The highest BCUT2D eigenvalue weighted by atomic mass is 35.5. The number of nitrogens with one attached hydrogen (secondary N) is 1. The molecule has 0 spiro atoms. The molecule has 1 aromatic heterocycles. The first kappa shape index (κ1) is 16.1. The lowest BCUT2D eigenvalue weighted by Gasteiger charge is -2.07. The number of aromatic nitrogens is 3. The van der Waals surface area contributed by atoms with Crippen LogP contribution in [-0.4, -0.2) is 15.0 Å². The van der Waals surface area contributed by atoms with Crippen LogP contribution in [-0.2, 0) is 0 Å². The molecular formula is C16H12Cl2N4S. The minimum Gasteiger partial charge on any atom is -0.324 e. The zero-order chi connectivity index (χ0) is 16.2. The van der Waals surface area contributed by atoms with Crippen molar-refractivity contribution in [2.24, 2.45) is 0 Å². The third kappa shape index (κ3) is 4.58. The molecule has 0 unspecified atom stereocenters. The van der Waals surface area contributed by atoms with E-state index in [0.717, 1.165) is 10.6 Å². The fourth-order valence-electron chi connectivity index (χ4n) is 1.84. The molecule has 116 valence electrons.